The summed E-state index contributed by atoms with van der Waals surface area (Å²) in [6.07, 6.45) is 13.1. The van der Waals surface area contributed by atoms with E-state index in [0.717, 1.165) is 127 Å². The lowest BCUT2D eigenvalue weighted by molar-refractivity contribution is -0.141. The van der Waals surface area contributed by atoms with E-state index < -0.39 is 12.0 Å². The molecule has 1 aliphatic carbocycles. The van der Waals surface area contributed by atoms with Gasteiger partial charge in [0.2, 0.25) is 17.7 Å². The normalized spacial score (nSPS) is 19.0. The molecule has 2 aromatic carbocycles. The number of para-hydroxylation sites is 1. The fourth-order valence-electron chi connectivity index (χ4n) is 11.7. The molecule has 3 atom stereocenters. The molecule has 3 unspecified atom stereocenters. The number of benzene rings is 2. The number of aliphatic hydroxyl groups excluding tert-OH is 1. The molecule has 2 amide bonds. The highest BCUT2D eigenvalue weighted by Crippen LogP contribution is 2.36. The first kappa shape index (κ1) is 59.3. The number of aliphatic hydroxyl groups is 1. The predicted octanol–water partition coefficient (Wildman–Crippen LogP) is 9.00. The van der Waals surface area contributed by atoms with Crippen LogP contribution in [0.5, 0.6) is 11.6 Å². The zero-order chi connectivity index (χ0) is 57.9. The quantitative estimate of drug-likeness (QED) is 0.0754. The van der Waals surface area contributed by atoms with Crippen LogP contribution >= 0.6 is 0 Å². The number of amides is 2. The number of likely N-dealkylation sites (tertiary alicyclic amines) is 2. The number of phenols is 1. The molecule has 82 heavy (non-hydrogen) atoms. The van der Waals surface area contributed by atoms with Gasteiger partial charge in [0.15, 0.2) is 23.2 Å². The number of halogens is 1. The third kappa shape index (κ3) is 14.5. The Morgan fingerprint density at radius 3 is 2.20 bits per heavy atom. The second-order valence-corrected chi connectivity index (χ2v) is 23.0. The third-order valence-electron chi connectivity index (χ3n) is 16.6. The van der Waals surface area contributed by atoms with Crippen molar-refractivity contribution >= 4 is 34.8 Å². The number of piperazine rings is 1. The lowest BCUT2D eigenvalue weighted by Gasteiger charge is -2.37. The number of nitrogen functional groups attached to an aromatic ring is 1. The van der Waals surface area contributed by atoms with E-state index in [1.54, 1.807) is 24.1 Å². The summed E-state index contributed by atoms with van der Waals surface area (Å²) in [5, 5.41) is 39.8. The summed E-state index contributed by atoms with van der Waals surface area (Å²) < 4.78 is 27.5. The van der Waals surface area contributed by atoms with Crippen LogP contribution in [-0.2, 0) is 16.6 Å². The van der Waals surface area contributed by atoms with E-state index in [1.807, 2.05) is 87.6 Å². The van der Waals surface area contributed by atoms with Crippen molar-refractivity contribution in [2.45, 2.75) is 129 Å². The van der Waals surface area contributed by atoms with Crippen molar-refractivity contribution < 1.29 is 33.5 Å². The van der Waals surface area contributed by atoms with Gasteiger partial charge in [0.05, 0.1) is 29.7 Å². The van der Waals surface area contributed by atoms with Crippen molar-refractivity contribution in [2.24, 2.45) is 18.9 Å². The van der Waals surface area contributed by atoms with Crippen LogP contribution in [0.25, 0.3) is 22.5 Å². The van der Waals surface area contributed by atoms with Gasteiger partial charge in [0, 0.05) is 108 Å². The van der Waals surface area contributed by atoms with Crippen molar-refractivity contribution in [2.75, 3.05) is 85.9 Å². The number of carbonyl (C=O) groups excluding carboxylic acids is 2. The van der Waals surface area contributed by atoms with Crippen LogP contribution in [0.2, 0.25) is 0 Å². The van der Waals surface area contributed by atoms with E-state index in [1.165, 1.54) is 23.7 Å². The van der Waals surface area contributed by atoms with Crippen molar-refractivity contribution in [3.05, 3.63) is 102 Å². The highest BCUT2D eigenvalue weighted by atomic mass is 19.1. The molecule has 4 aliphatic heterocycles. The molecule has 5 aliphatic rings. The fraction of sp³-hybridized carbons (Fsp3) is 0.532. The number of hydrogen-bond donors (Lipinski definition) is 4. The number of hydrogen-bond acceptors (Lipinski definition) is 16. The lowest BCUT2D eigenvalue weighted by Crippen LogP contribution is -2.48. The number of anilines is 4. The van der Waals surface area contributed by atoms with Gasteiger partial charge in [-0.1, -0.05) is 75.7 Å². The largest absolute Gasteiger partial charge is 0.507 e. The Kier molecular flexibility index (Phi) is 20.0. The van der Waals surface area contributed by atoms with Gasteiger partial charge in [0.1, 0.15) is 29.5 Å². The molecule has 1 saturated carbocycles. The van der Waals surface area contributed by atoms with E-state index in [0.29, 0.717) is 65.0 Å². The number of nitrogens with two attached hydrogens (primary N) is 1. The second kappa shape index (κ2) is 27.6. The predicted molar refractivity (Wildman–Crippen MR) is 317 cm³/mol. The van der Waals surface area contributed by atoms with Crippen LogP contribution in [-0.4, -0.2) is 146 Å². The molecule has 19 nitrogen and oxygen atoms in total. The molecular weight excluding hydrogens is 1040 g/mol. The van der Waals surface area contributed by atoms with Crippen molar-refractivity contribution in [1.29, 1.82) is 0 Å². The number of nitrogens with one attached hydrogen (secondary N) is 1. The van der Waals surface area contributed by atoms with Gasteiger partial charge in [-0.2, -0.15) is 5.10 Å². The summed E-state index contributed by atoms with van der Waals surface area (Å²) in [6.45, 7) is 18.8. The van der Waals surface area contributed by atoms with Crippen LogP contribution in [0.3, 0.4) is 0 Å². The van der Waals surface area contributed by atoms with E-state index in [2.05, 4.69) is 64.2 Å². The molecule has 6 aromatic rings. The van der Waals surface area contributed by atoms with Gasteiger partial charge >= 0.3 is 0 Å². The van der Waals surface area contributed by atoms with Gasteiger partial charge in [-0.25, -0.2) is 9.37 Å². The SMILES string of the molecule is CC(NC(=O)C1CCCN1C(=O)C(c1cc(N2CCC(CN3CCC(O)CC3)CC2)no1)C(C)C)c1ccc(-c2c(F)cnn2C)cc1.CCC.Nc1nnc(-c2ccccc2O)cc1N1CCN(c2ccnc(OC3CCC3)c2)CC1. The van der Waals surface area contributed by atoms with Crippen LogP contribution in [0.4, 0.5) is 27.4 Å². The first-order valence-electron chi connectivity index (χ1n) is 29.7. The molecular formula is C62H84FN13O6. The Morgan fingerprint density at radius 2 is 1.54 bits per heavy atom. The fourth-order valence-corrected chi connectivity index (χ4v) is 11.7. The number of nitrogens with zero attached hydrogens (tertiary/aromatic N) is 11. The molecule has 4 saturated heterocycles. The molecule has 0 radical (unpaired) electrons. The molecule has 8 heterocycles. The van der Waals surface area contributed by atoms with Crippen LogP contribution in [0.1, 0.15) is 122 Å². The van der Waals surface area contributed by atoms with Crippen molar-refractivity contribution in [1.82, 2.24) is 45.2 Å². The van der Waals surface area contributed by atoms with Crippen LogP contribution in [0.15, 0.2) is 89.7 Å². The minimum Gasteiger partial charge on any atom is -0.507 e. The number of carbonyl (C=O) groups is 2. The van der Waals surface area contributed by atoms with Gasteiger partial charge in [-0.15, -0.1) is 10.2 Å². The Hall–Kier alpha value is -7.32. The Labute approximate surface area is 482 Å². The number of phenolic OH excluding ortho intramolecular Hbond substituents is 1. The van der Waals surface area contributed by atoms with Gasteiger partial charge in [-0.05, 0) is 106 Å². The summed E-state index contributed by atoms with van der Waals surface area (Å²) in [5.41, 5.74) is 11.4. The Bertz CT molecular complexity index is 3000. The maximum Gasteiger partial charge on any atom is 0.243 e. The van der Waals surface area contributed by atoms with Gasteiger partial charge in [0.25, 0.3) is 0 Å². The van der Waals surface area contributed by atoms with E-state index in [9.17, 15) is 24.2 Å². The van der Waals surface area contributed by atoms with E-state index in [-0.39, 0.29) is 41.4 Å². The van der Waals surface area contributed by atoms with Crippen LogP contribution < -0.4 is 30.5 Å². The summed E-state index contributed by atoms with van der Waals surface area (Å²) >= 11 is 0. The minimum absolute atomic E-state index is 0.0434. The average molecular weight is 1130 g/mol. The van der Waals surface area contributed by atoms with Crippen LogP contribution in [0, 0.1) is 17.7 Å². The number of aromatic hydroxyl groups is 1. The lowest BCUT2D eigenvalue weighted by atomic mass is 9.91. The van der Waals surface area contributed by atoms with E-state index >= 15 is 0 Å². The number of pyridine rings is 1. The molecule has 0 bridgehead atoms. The summed E-state index contributed by atoms with van der Waals surface area (Å²) in [4.78, 5) is 43.0. The molecule has 440 valence electrons. The highest BCUT2D eigenvalue weighted by molar-refractivity contribution is 5.91. The molecule has 5 N–H and O–H groups in total. The topological polar surface area (TPSA) is 221 Å². The third-order valence-corrected chi connectivity index (χ3v) is 16.6. The number of piperidine rings is 2. The van der Waals surface area contributed by atoms with Gasteiger partial charge < -0.3 is 55.0 Å². The Morgan fingerprint density at radius 1 is 0.829 bits per heavy atom. The zero-order valence-corrected chi connectivity index (χ0v) is 48.7. The number of rotatable bonds is 15. The van der Waals surface area contributed by atoms with Crippen molar-refractivity contribution in [3.63, 3.8) is 0 Å². The first-order chi connectivity index (χ1) is 39.7. The number of aryl methyl sites for hydroxylation is 1. The molecule has 4 aromatic heterocycles. The number of ether oxygens (including phenoxy) is 1. The molecule has 11 rings (SSSR count). The summed E-state index contributed by atoms with van der Waals surface area (Å²) in [6, 6.07) is 21.6. The smallest absolute Gasteiger partial charge is 0.243 e. The standard InChI is InChI=1S/C36H50FN7O4.C23H26N6O2.C3H8/c1-23(2)33(31-20-32(40-48-31)43-18-11-25(12-19-43)22-42-16-13-28(45)14-17-42)36(47)44-15-5-6-30(44)35(46)39-24(3)26-7-9-27(10-8-26)34-29(37)21-38-41(34)4;24-23-20(15-19(26-27-23)18-6-1-2-7-21(18)30)29-12-10-28(11-13-29)16-8-9-25-22(14-16)31-17-4-3-5-17;1-3-2/h7-10,20-21,23-25,28,30,33,45H,5-6,11-19,22H2,1-4H3,(H,39,46);1-2,6-9,14-15,17,30H,3-5,10-13H2,(H2,24,27);3H2,1-2H3. The Balaban J connectivity index is 0.000000204. The van der Waals surface area contributed by atoms with Gasteiger partial charge in [-0.3, -0.25) is 14.3 Å². The van der Waals surface area contributed by atoms with Crippen molar-refractivity contribution in [3.8, 4) is 34.1 Å². The maximum atomic E-state index is 14.2. The molecule has 5 fully saturated rings. The molecule has 0 spiro atoms. The minimum atomic E-state index is -0.561. The zero-order valence-electron chi connectivity index (χ0n) is 48.7. The van der Waals surface area contributed by atoms with E-state index in [4.69, 9.17) is 15.0 Å². The average Bonchev–Trinajstić information content (AvgIpc) is 4.29. The summed E-state index contributed by atoms with van der Waals surface area (Å²) in [7, 11) is 1.70. The second-order valence-electron chi connectivity index (χ2n) is 23.0. The monoisotopic (exact) mass is 1130 g/mol. The highest BCUT2D eigenvalue weighted by Gasteiger charge is 2.41. The number of aromatic nitrogens is 6. The first-order valence-corrected chi connectivity index (χ1v) is 29.7. The molecule has 20 heteroatoms. The maximum absolute atomic E-state index is 14.2. The summed E-state index contributed by atoms with van der Waals surface area (Å²) in [5.74, 6) is 1.97.